The Morgan fingerprint density at radius 3 is 2.74 bits per heavy atom. The molecular weight excluding hydrogens is 396 g/mol. The first kappa shape index (κ1) is 16.2. The molecule has 2 aromatic heterocycles. The molecule has 0 saturated carbocycles. The fourth-order valence-electron chi connectivity index (χ4n) is 1.85. The van der Waals surface area contributed by atoms with E-state index in [1.165, 1.54) is 11.3 Å². The molecule has 1 amide bonds. The number of aromatic nitrogens is 1. The number of anilines is 1. The van der Waals surface area contributed by atoms with E-state index in [9.17, 15) is 4.79 Å². The molecule has 3 rings (SSSR count). The van der Waals surface area contributed by atoms with Gasteiger partial charge in [0.1, 0.15) is 5.75 Å². The maximum Gasteiger partial charge on any atom is 0.266 e. The molecule has 1 aromatic carbocycles. The lowest BCUT2D eigenvalue weighted by Crippen LogP contribution is -2.30. The lowest BCUT2D eigenvalue weighted by atomic mass is 10.3. The summed E-state index contributed by atoms with van der Waals surface area (Å²) in [6, 6.07) is 11.3. The molecule has 4 nitrogen and oxygen atoms in total. The number of hydrogen-bond acceptors (Lipinski definition) is 5. The molecule has 0 saturated heterocycles. The quantitative estimate of drug-likeness (QED) is 0.642. The van der Waals surface area contributed by atoms with Crippen LogP contribution < -0.4 is 10.1 Å². The maximum absolute atomic E-state index is 12.2. The summed E-state index contributed by atoms with van der Waals surface area (Å²) in [6.07, 6.45) is -0.606. The van der Waals surface area contributed by atoms with Crippen LogP contribution in [0.4, 0.5) is 5.13 Å². The van der Waals surface area contributed by atoms with Crippen molar-refractivity contribution in [2.45, 2.75) is 13.0 Å². The Kier molecular flexibility index (Phi) is 5.09. The lowest BCUT2D eigenvalue weighted by molar-refractivity contribution is -0.122. The third-order valence-corrected chi connectivity index (χ3v) is 5.18. The van der Waals surface area contributed by atoms with Crippen molar-refractivity contribution in [2.24, 2.45) is 0 Å². The second-order valence-corrected chi connectivity index (χ2v) is 7.44. The predicted molar refractivity (Wildman–Crippen MR) is 98.3 cm³/mol. The zero-order valence-corrected chi connectivity index (χ0v) is 15.4. The third-order valence-electron chi connectivity index (χ3n) is 3.00. The Morgan fingerprint density at radius 1 is 1.26 bits per heavy atom. The van der Waals surface area contributed by atoms with E-state index >= 15 is 0 Å². The van der Waals surface area contributed by atoms with Gasteiger partial charge in [-0.25, -0.2) is 4.98 Å². The van der Waals surface area contributed by atoms with Crippen molar-refractivity contribution >= 4 is 49.6 Å². The number of carbonyl (C=O) groups excluding carboxylic acids is 1. The molecule has 1 atom stereocenters. The van der Waals surface area contributed by atoms with Crippen LogP contribution in [-0.2, 0) is 4.79 Å². The van der Waals surface area contributed by atoms with Crippen LogP contribution in [0, 0.1) is 0 Å². The van der Waals surface area contributed by atoms with Gasteiger partial charge in [-0.15, -0.1) is 22.7 Å². The van der Waals surface area contributed by atoms with Crippen LogP contribution in [0.15, 0.2) is 51.6 Å². The van der Waals surface area contributed by atoms with Gasteiger partial charge >= 0.3 is 0 Å². The van der Waals surface area contributed by atoms with Crippen molar-refractivity contribution in [1.82, 2.24) is 4.98 Å². The van der Waals surface area contributed by atoms with Gasteiger partial charge in [0.25, 0.3) is 5.91 Å². The number of nitrogens with zero attached hydrogens (tertiary/aromatic N) is 1. The van der Waals surface area contributed by atoms with E-state index in [1.807, 2.05) is 47.2 Å². The van der Waals surface area contributed by atoms with Gasteiger partial charge in [-0.05, 0) is 42.6 Å². The summed E-state index contributed by atoms with van der Waals surface area (Å²) in [5.74, 6) is 0.425. The lowest BCUT2D eigenvalue weighted by Gasteiger charge is -2.13. The number of carbonyl (C=O) groups is 1. The van der Waals surface area contributed by atoms with Gasteiger partial charge < -0.3 is 4.74 Å². The Balaban J connectivity index is 1.61. The molecule has 23 heavy (non-hydrogen) atoms. The van der Waals surface area contributed by atoms with Crippen molar-refractivity contribution in [2.75, 3.05) is 5.32 Å². The predicted octanol–water partition coefficient (Wildman–Crippen LogP) is 5.04. The number of thiazole rings is 1. The van der Waals surface area contributed by atoms with E-state index in [2.05, 4.69) is 26.2 Å². The standard InChI is InChI=1S/C16H13BrN2O2S2/c1-10(21-12-6-4-11(17)5-7-12)15(20)19-16-18-13(9-23-16)14-3-2-8-22-14/h2-10H,1H3,(H,18,19,20). The van der Waals surface area contributed by atoms with Crippen LogP contribution in [0.2, 0.25) is 0 Å². The number of nitrogens with one attached hydrogen (secondary N) is 1. The van der Waals surface area contributed by atoms with Gasteiger partial charge in [0.05, 0.1) is 10.6 Å². The fourth-order valence-corrected chi connectivity index (χ4v) is 3.59. The smallest absolute Gasteiger partial charge is 0.266 e. The Morgan fingerprint density at radius 2 is 2.04 bits per heavy atom. The second-order valence-electron chi connectivity index (χ2n) is 4.72. The highest BCUT2D eigenvalue weighted by molar-refractivity contribution is 9.10. The second kappa shape index (κ2) is 7.25. The van der Waals surface area contributed by atoms with E-state index in [-0.39, 0.29) is 5.91 Å². The average Bonchev–Trinajstić information content (AvgIpc) is 3.20. The van der Waals surface area contributed by atoms with Crippen molar-refractivity contribution in [3.63, 3.8) is 0 Å². The maximum atomic E-state index is 12.2. The topological polar surface area (TPSA) is 51.2 Å². The largest absolute Gasteiger partial charge is 0.481 e. The minimum Gasteiger partial charge on any atom is -0.481 e. The zero-order chi connectivity index (χ0) is 16.2. The molecule has 1 N–H and O–H groups in total. The molecule has 1 unspecified atom stereocenters. The number of thiophene rings is 1. The fraction of sp³-hybridized carbons (Fsp3) is 0.125. The highest BCUT2D eigenvalue weighted by Crippen LogP contribution is 2.28. The van der Waals surface area contributed by atoms with Crippen molar-refractivity contribution < 1.29 is 9.53 Å². The van der Waals surface area contributed by atoms with Gasteiger partial charge in [0, 0.05) is 9.85 Å². The molecule has 0 aliphatic rings. The first-order valence-electron chi connectivity index (χ1n) is 6.84. The summed E-state index contributed by atoms with van der Waals surface area (Å²) < 4.78 is 6.59. The zero-order valence-electron chi connectivity index (χ0n) is 12.2. The number of ether oxygens (including phenoxy) is 1. The molecule has 0 aliphatic carbocycles. The number of hydrogen-bond donors (Lipinski definition) is 1. The van der Waals surface area contributed by atoms with E-state index in [0.717, 1.165) is 15.0 Å². The number of halogens is 1. The average molecular weight is 409 g/mol. The van der Waals surface area contributed by atoms with Gasteiger partial charge in [-0.2, -0.15) is 0 Å². The summed E-state index contributed by atoms with van der Waals surface area (Å²) >= 11 is 6.39. The molecule has 0 fully saturated rings. The van der Waals surface area contributed by atoms with E-state index in [0.29, 0.717) is 10.9 Å². The molecule has 0 aliphatic heterocycles. The van der Waals surface area contributed by atoms with Gasteiger partial charge in [0.15, 0.2) is 11.2 Å². The molecule has 0 radical (unpaired) electrons. The molecule has 2 heterocycles. The highest BCUT2D eigenvalue weighted by Gasteiger charge is 2.16. The van der Waals surface area contributed by atoms with Crippen molar-refractivity contribution in [3.05, 3.63) is 51.6 Å². The first-order chi connectivity index (χ1) is 11.1. The molecular formula is C16H13BrN2O2S2. The number of benzene rings is 1. The summed E-state index contributed by atoms with van der Waals surface area (Å²) in [6.45, 7) is 1.71. The number of rotatable bonds is 5. The SMILES string of the molecule is CC(Oc1ccc(Br)cc1)C(=O)Nc1nc(-c2cccs2)cs1. The minimum atomic E-state index is -0.606. The van der Waals surface area contributed by atoms with Gasteiger partial charge in [-0.1, -0.05) is 22.0 Å². The van der Waals surface area contributed by atoms with Crippen molar-refractivity contribution in [1.29, 1.82) is 0 Å². The summed E-state index contributed by atoms with van der Waals surface area (Å²) in [5.41, 5.74) is 0.877. The summed E-state index contributed by atoms with van der Waals surface area (Å²) in [7, 11) is 0. The molecule has 3 aromatic rings. The van der Waals surface area contributed by atoms with Crippen molar-refractivity contribution in [3.8, 4) is 16.3 Å². The first-order valence-corrected chi connectivity index (χ1v) is 9.39. The number of amides is 1. The molecule has 0 spiro atoms. The van der Waals surface area contributed by atoms with Crippen LogP contribution in [0.3, 0.4) is 0 Å². The van der Waals surface area contributed by atoms with Crippen LogP contribution in [0.1, 0.15) is 6.92 Å². The van der Waals surface area contributed by atoms with Gasteiger partial charge in [-0.3, -0.25) is 10.1 Å². The van der Waals surface area contributed by atoms with Crippen LogP contribution >= 0.6 is 38.6 Å². The van der Waals surface area contributed by atoms with E-state index in [4.69, 9.17) is 4.74 Å². The van der Waals surface area contributed by atoms with E-state index in [1.54, 1.807) is 18.3 Å². The molecule has 118 valence electrons. The Labute approximate surface area is 150 Å². The molecule has 7 heteroatoms. The third kappa shape index (κ3) is 4.19. The Bertz CT molecular complexity index is 785. The van der Waals surface area contributed by atoms with Gasteiger partial charge in [0.2, 0.25) is 0 Å². The highest BCUT2D eigenvalue weighted by atomic mass is 79.9. The summed E-state index contributed by atoms with van der Waals surface area (Å²) in [4.78, 5) is 17.7. The van der Waals surface area contributed by atoms with E-state index < -0.39 is 6.10 Å². The Hall–Kier alpha value is -1.70. The minimum absolute atomic E-state index is 0.222. The molecule has 0 bridgehead atoms. The van der Waals surface area contributed by atoms with Crippen LogP contribution in [0.5, 0.6) is 5.75 Å². The monoisotopic (exact) mass is 408 g/mol. The normalized spacial score (nSPS) is 11.9. The summed E-state index contributed by atoms with van der Waals surface area (Å²) in [5, 5.41) is 7.30. The van der Waals surface area contributed by atoms with Crippen LogP contribution in [-0.4, -0.2) is 17.0 Å². The van der Waals surface area contributed by atoms with Crippen LogP contribution in [0.25, 0.3) is 10.6 Å².